The predicted octanol–water partition coefficient (Wildman–Crippen LogP) is 6.13. The van der Waals surface area contributed by atoms with Crippen molar-refractivity contribution in [3.63, 3.8) is 0 Å². The molecular weight excluding hydrogens is 306 g/mol. The van der Waals surface area contributed by atoms with Crippen molar-refractivity contribution >= 4 is 0 Å². The summed E-state index contributed by atoms with van der Waals surface area (Å²) in [5.74, 6) is 0.787. The van der Waals surface area contributed by atoms with E-state index in [-0.39, 0.29) is 24.0 Å². The lowest BCUT2D eigenvalue weighted by Crippen LogP contribution is -2.15. The van der Waals surface area contributed by atoms with Gasteiger partial charge in [-0.15, -0.1) is 0 Å². The normalized spacial score (nSPS) is 22.5. The van der Waals surface area contributed by atoms with Crippen molar-refractivity contribution in [2.45, 2.75) is 52.1 Å². The van der Waals surface area contributed by atoms with Gasteiger partial charge < -0.3 is 4.74 Å². The molecule has 0 radical (unpaired) electrons. The zero-order valence-electron chi connectivity index (χ0n) is 14.2. The van der Waals surface area contributed by atoms with Crippen LogP contribution < -0.4 is 4.74 Å². The van der Waals surface area contributed by atoms with Crippen molar-refractivity contribution in [2.24, 2.45) is 5.92 Å². The molecule has 2 aromatic rings. The zero-order chi connectivity index (χ0) is 16.8. The Balaban J connectivity index is 1.76. The van der Waals surface area contributed by atoms with E-state index in [0.717, 1.165) is 42.7 Å². The van der Waals surface area contributed by atoms with Gasteiger partial charge in [-0.1, -0.05) is 44.0 Å². The number of ether oxygens (including phenoxy) is 1. The molecule has 0 N–H and O–H groups in total. The summed E-state index contributed by atoms with van der Waals surface area (Å²) in [7, 11) is 0. The average Bonchev–Trinajstić information content (AvgIpc) is 2.59. The van der Waals surface area contributed by atoms with Gasteiger partial charge in [-0.2, -0.15) is 0 Å². The van der Waals surface area contributed by atoms with Crippen molar-refractivity contribution in [2.75, 3.05) is 0 Å². The van der Waals surface area contributed by atoms with Gasteiger partial charge in [0.15, 0.2) is 11.6 Å². The van der Waals surface area contributed by atoms with Crippen molar-refractivity contribution in [1.82, 2.24) is 0 Å². The van der Waals surface area contributed by atoms with Crippen LogP contribution in [0.2, 0.25) is 0 Å². The van der Waals surface area contributed by atoms with Gasteiger partial charge in [0.1, 0.15) is 12.4 Å². The third-order valence-corrected chi connectivity index (χ3v) is 5.67. The number of fused-ring (bicyclic) bond motifs is 3. The Hall–Kier alpha value is -1.90. The Morgan fingerprint density at radius 3 is 2.38 bits per heavy atom. The van der Waals surface area contributed by atoms with Gasteiger partial charge in [0.05, 0.1) is 0 Å². The van der Waals surface area contributed by atoms with Crippen LogP contribution in [0, 0.1) is 24.5 Å². The second-order valence-electron chi connectivity index (χ2n) is 7.31. The maximum atomic E-state index is 15.1. The van der Waals surface area contributed by atoms with Crippen molar-refractivity contribution in [3.8, 4) is 16.9 Å². The topological polar surface area (TPSA) is 9.23 Å². The van der Waals surface area contributed by atoms with Crippen LogP contribution >= 0.6 is 0 Å². The Morgan fingerprint density at radius 1 is 0.917 bits per heavy atom. The molecule has 1 aliphatic heterocycles. The number of rotatable bonds is 1. The molecule has 24 heavy (non-hydrogen) atoms. The highest BCUT2D eigenvalue weighted by Crippen LogP contribution is 2.44. The van der Waals surface area contributed by atoms with Gasteiger partial charge in [0, 0.05) is 11.1 Å². The van der Waals surface area contributed by atoms with Crippen molar-refractivity contribution in [1.29, 1.82) is 0 Å². The molecule has 1 nitrogen and oxygen atoms in total. The molecule has 1 heterocycles. The highest BCUT2D eigenvalue weighted by Gasteiger charge is 2.28. The highest BCUT2D eigenvalue weighted by atomic mass is 19.1. The molecule has 0 spiro atoms. The fraction of sp³-hybridized carbons (Fsp3) is 0.429. The fourth-order valence-corrected chi connectivity index (χ4v) is 4.07. The first kappa shape index (κ1) is 15.6. The fourth-order valence-electron chi connectivity index (χ4n) is 4.07. The molecule has 1 aliphatic carbocycles. The molecule has 2 aromatic carbocycles. The maximum Gasteiger partial charge on any atom is 0.168 e. The van der Waals surface area contributed by atoms with Crippen LogP contribution in [0.5, 0.6) is 5.75 Å². The smallest absolute Gasteiger partial charge is 0.168 e. The SMILES string of the molecule is Cc1ccc2c(c1F)OCc1c-2ccc(C2CCC(C)CC2)c1F. The molecule has 4 rings (SSSR count). The summed E-state index contributed by atoms with van der Waals surface area (Å²) in [6.45, 7) is 4.08. The number of hydrogen-bond acceptors (Lipinski definition) is 1. The van der Waals surface area contributed by atoms with Gasteiger partial charge in [-0.3, -0.25) is 0 Å². The van der Waals surface area contributed by atoms with Crippen LogP contribution in [0.15, 0.2) is 24.3 Å². The Morgan fingerprint density at radius 2 is 1.62 bits per heavy atom. The van der Waals surface area contributed by atoms with Gasteiger partial charge >= 0.3 is 0 Å². The molecular formula is C21H22F2O. The first-order chi connectivity index (χ1) is 11.6. The molecule has 2 aliphatic rings. The lowest BCUT2D eigenvalue weighted by Gasteiger charge is -2.29. The molecule has 1 fully saturated rings. The summed E-state index contributed by atoms with van der Waals surface area (Å²) >= 11 is 0. The van der Waals surface area contributed by atoms with E-state index in [1.807, 2.05) is 18.2 Å². The maximum absolute atomic E-state index is 15.1. The third kappa shape index (κ3) is 2.42. The van der Waals surface area contributed by atoms with E-state index in [1.165, 1.54) is 0 Å². The second-order valence-corrected chi connectivity index (χ2v) is 7.31. The molecule has 0 bridgehead atoms. The Bertz CT molecular complexity index is 789. The second kappa shape index (κ2) is 5.87. The number of hydrogen-bond donors (Lipinski definition) is 0. The largest absolute Gasteiger partial charge is 0.485 e. The molecule has 3 heteroatoms. The van der Waals surface area contributed by atoms with Crippen LogP contribution in [0.1, 0.15) is 55.2 Å². The number of halogens is 2. The standard InChI is InChI=1S/C21H22F2O/c1-12-3-6-14(7-4-12)15-9-10-16-17-8-5-13(2)19(22)21(17)24-11-18(16)20(15)23/h5,8-10,12,14H,3-4,6-7,11H2,1-2H3. The van der Waals surface area contributed by atoms with E-state index in [0.29, 0.717) is 22.6 Å². The van der Waals surface area contributed by atoms with Gasteiger partial charge in [0.25, 0.3) is 0 Å². The summed E-state index contributed by atoms with van der Waals surface area (Å²) < 4.78 is 35.0. The minimum absolute atomic E-state index is 0.103. The first-order valence-electron chi connectivity index (χ1n) is 8.79. The van der Waals surface area contributed by atoms with E-state index in [2.05, 4.69) is 6.92 Å². The Labute approximate surface area is 141 Å². The number of aryl methyl sites for hydroxylation is 1. The first-order valence-corrected chi connectivity index (χ1v) is 8.79. The molecule has 1 saturated carbocycles. The summed E-state index contributed by atoms with van der Waals surface area (Å²) in [4.78, 5) is 0. The molecule has 0 amide bonds. The Kier molecular flexibility index (Phi) is 3.82. The molecule has 0 saturated heterocycles. The van der Waals surface area contributed by atoms with Crippen molar-refractivity contribution in [3.05, 3.63) is 52.6 Å². The summed E-state index contributed by atoms with van der Waals surface area (Å²) in [5.41, 5.74) is 3.34. The molecule has 0 aromatic heterocycles. The molecule has 126 valence electrons. The minimum Gasteiger partial charge on any atom is -0.485 e. The lowest BCUT2D eigenvalue weighted by atomic mass is 9.78. The van der Waals surface area contributed by atoms with Crippen LogP contribution in [0.3, 0.4) is 0 Å². The van der Waals surface area contributed by atoms with Crippen LogP contribution in [-0.2, 0) is 6.61 Å². The van der Waals surface area contributed by atoms with Crippen molar-refractivity contribution < 1.29 is 13.5 Å². The monoisotopic (exact) mass is 328 g/mol. The van der Waals surface area contributed by atoms with Crippen LogP contribution in [0.25, 0.3) is 11.1 Å². The van der Waals surface area contributed by atoms with E-state index in [1.54, 1.807) is 13.0 Å². The average molecular weight is 328 g/mol. The number of benzene rings is 2. The summed E-state index contributed by atoms with van der Waals surface area (Å²) in [5, 5.41) is 0. The van der Waals surface area contributed by atoms with Crippen LogP contribution in [-0.4, -0.2) is 0 Å². The van der Waals surface area contributed by atoms with Gasteiger partial charge in [-0.05, 0) is 48.3 Å². The summed E-state index contributed by atoms with van der Waals surface area (Å²) in [6, 6.07) is 7.40. The quantitative estimate of drug-likeness (QED) is 0.612. The highest BCUT2D eigenvalue weighted by molar-refractivity contribution is 5.76. The molecule has 0 unspecified atom stereocenters. The van der Waals surface area contributed by atoms with E-state index in [4.69, 9.17) is 4.74 Å². The zero-order valence-corrected chi connectivity index (χ0v) is 14.2. The lowest BCUT2D eigenvalue weighted by molar-refractivity contribution is 0.278. The van der Waals surface area contributed by atoms with Crippen LogP contribution in [0.4, 0.5) is 8.78 Å². The van der Waals surface area contributed by atoms with Gasteiger partial charge in [-0.25, -0.2) is 8.78 Å². The molecule has 0 atom stereocenters. The minimum atomic E-state index is -0.344. The van der Waals surface area contributed by atoms with E-state index in [9.17, 15) is 4.39 Å². The van der Waals surface area contributed by atoms with Gasteiger partial charge in [0.2, 0.25) is 0 Å². The summed E-state index contributed by atoms with van der Waals surface area (Å²) in [6.07, 6.45) is 4.40. The van der Waals surface area contributed by atoms with E-state index >= 15 is 4.39 Å². The predicted molar refractivity (Wildman–Crippen MR) is 91.2 cm³/mol. The van der Waals surface area contributed by atoms with E-state index < -0.39 is 0 Å². The third-order valence-electron chi connectivity index (χ3n) is 5.67.